The Morgan fingerprint density at radius 2 is 1.88 bits per heavy atom. The van der Waals surface area contributed by atoms with Gasteiger partial charge in [0.05, 0.1) is 7.11 Å². The molecule has 1 aliphatic carbocycles. The molecule has 1 aromatic heterocycles. The van der Waals surface area contributed by atoms with Gasteiger partial charge < -0.3 is 4.74 Å². The summed E-state index contributed by atoms with van der Waals surface area (Å²) in [6.45, 7) is 2.12. The Hall–Kier alpha value is -2.05. The number of methoxy groups -OCH3 is 1. The van der Waals surface area contributed by atoms with E-state index in [1.54, 1.807) is 0 Å². The Morgan fingerprint density at radius 1 is 1.16 bits per heavy atom. The van der Waals surface area contributed by atoms with Crippen LogP contribution in [0.5, 0.6) is 0 Å². The highest BCUT2D eigenvalue weighted by Gasteiger charge is 2.11. The topological polar surface area (TPSA) is 26.3 Å². The first-order valence-electron chi connectivity index (χ1n) is 8.96. The summed E-state index contributed by atoms with van der Waals surface area (Å²) in [4.78, 5) is 13.0. The minimum Gasteiger partial charge on any atom is -0.465 e. The number of esters is 1. The quantitative estimate of drug-likeness (QED) is 0.521. The predicted octanol–water partition coefficient (Wildman–Crippen LogP) is 5.72. The van der Waals surface area contributed by atoms with Crippen molar-refractivity contribution in [1.29, 1.82) is 0 Å². The minimum absolute atomic E-state index is 0.234. The molecule has 1 aliphatic rings. The molecule has 0 N–H and O–H groups in total. The summed E-state index contributed by atoms with van der Waals surface area (Å²) in [5.41, 5.74) is 1.15. The summed E-state index contributed by atoms with van der Waals surface area (Å²) < 4.78 is 4.60. The summed E-state index contributed by atoms with van der Waals surface area (Å²) in [6, 6.07) is 14.1. The molecule has 0 atom stereocenters. The number of aryl methyl sites for hydroxylation is 1. The molecule has 1 heterocycles. The average Bonchev–Trinajstić information content (AvgIpc) is 3.33. The average molecular weight is 355 g/mol. The van der Waals surface area contributed by atoms with Crippen LogP contribution in [0.2, 0.25) is 0 Å². The molecule has 0 unspecified atom stereocenters. The summed E-state index contributed by atoms with van der Waals surface area (Å²) in [6.07, 6.45) is 7.50. The van der Waals surface area contributed by atoms with Crippen molar-refractivity contribution in [3.63, 3.8) is 0 Å². The van der Waals surface area contributed by atoms with Gasteiger partial charge in [-0.15, -0.1) is 11.3 Å². The number of carbonyl (C=O) groups is 1. The van der Waals surface area contributed by atoms with E-state index in [-0.39, 0.29) is 5.97 Å². The van der Waals surface area contributed by atoms with Gasteiger partial charge in [0.15, 0.2) is 0 Å². The maximum absolute atomic E-state index is 11.0. The molecule has 1 fully saturated rings. The highest BCUT2D eigenvalue weighted by atomic mass is 32.1. The van der Waals surface area contributed by atoms with E-state index in [1.165, 1.54) is 49.0 Å². The number of rotatable bonds is 3. The second-order valence-electron chi connectivity index (χ2n) is 6.12. The van der Waals surface area contributed by atoms with E-state index in [0.717, 1.165) is 18.4 Å². The van der Waals surface area contributed by atoms with Gasteiger partial charge in [0, 0.05) is 16.4 Å². The standard InChI is InChI=1S/C13H14.C9H12O2S/c1-2-6-12(7-3-1)10-11-13-8-4-5-9-13;1-3-4-7-5-6-8(12-7)9(10)11-2/h1-3,6-7,13H,4-5,8-9H2;5-6H,3-4H2,1-2H3. The first-order chi connectivity index (χ1) is 12.2. The SMILES string of the molecule is C(#CC1CCCC1)c1ccccc1.CCCc1ccc(C(=O)OC)s1. The van der Waals surface area contributed by atoms with E-state index in [2.05, 4.69) is 35.6 Å². The lowest BCUT2D eigenvalue weighted by atomic mass is 10.1. The van der Waals surface area contributed by atoms with Crippen LogP contribution in [0.15, 0.2) is 42.5 Å². The lowest BCUT2D eigenvalue weighted by Crippen LogP contribution is -1.96. The van der Waals surface area contributed by atoms with Gasteiger partial charge in [0.2, 0.25) is 0 Å². The largest absolute Gasteiger partial charge is 0.465 e. The maximum atomic E-state index is 11.0. The molecule has 132 valence electrons. The van der Waals surface area contributed by atoms with Gasteiger partial charge in [-0.2, -0.15) is 0 Å². The summed E-state index contributed by atoms with van der Waals surface area (Å²) in [5.74, 6) is 7.02. The summed E-state index contributed by atoms with van der Waals surface area (Å²) >= 11 is 1.52. The van der Waals surface area contributed by atoms with E-state index >= 15 is 0 Å². The van der Waals surface area contributed by atoms with Crippen molar-refractivity contribution < 1.29 is 9.53 Å². The molecule has 2 nitrogen and oxygen atoms in total. The van der Waals surface area contributed by atoms with Gasteiger partial charge in [-0.25, -0.2) is 4.79 Å². The first kappa shape index (κ1) is 19.3. The fourth-order valence-corrected chi connectivity index (χ4v) is 3.77. The Kier molecular flexibility index (Phi) is 8.28. The predicted molar refractivity (Wildman–Crippen MR) is 105 cm³/mol. The summed E-state index contributed by atoms with van der Waals surface area (Å²) in [5, 5.41) is 0. The Morgan fingerprint density at radius 3 is 2.52 bits per heavy atom. The summed E-state index contributed by atoms with van der Waals surface area (Å²) in [7, 11) is 1.40. The number of hydrogen-bond donors (Lipinski definition) is 0. The zero-order valence-corrected chi connectivity index (χ0v) is 15.9. The third-order valence-electron chi connectivity index (χ3n) is 4.09. The molecule has 0 saturated heterocycles. The Balaban J connectivity index is 0.000000181. The molecule has 3 rings (SSSR count). The first-order valence-corrected chi connectivity index (χ1v) is 9.78. The molecule has 0 bridgehead atoms. The van der Waals surface area contributed by atoms with Crippen LogP contribution in [0.1, 0.15) is 59.1 Å². The number of benzene rings is 1. The van der Waals surface area contributed by atoms with E-state index in [1.807, 2.05) is 30.3 Å². The highest BCUT2D eigenvalue weighted by molar-refractivity contribution is 7.13. The molecule has 25 heavy (non-hydrogen) atoms. The van der Waals surface area contributed by atoms with Crippen LogP contribution in [0.3, 0.4) is 0 Å². The van der Waals surface area contributed by atoms with Crippen molar-refractivity contribution in [2.75, 3.05) is 7.11 Å². The van der Waals surface area contributed by atoms with Gasteiger partial charge in [-0.1, -0.05) is 56.2 Å². The van der Waals surface area contributed by atoms with Gasteiger partial charge >= 0.3 is 5.97 Å². The van der Waals surface area contributed by atoms with Crippen LogP contribution in [-0.2, 0) is 11.2 Å². The number of carbonyl (C=O) groups excluding carboxylic acids is 1. The van der Waals surface area contributed by atoms with Gasteiger partial charge in [-0.05, 0) is 43.5 Å². The number of hydrogen-bond acceptors (Lipinski definition) is 3. The molecule has 0 spiro atoms. The van der Waals surface area contributed by atoms with E-state index < -0.39 is 0 Å². The molecular weight excluding hydrogens is 328 g/mol. The highest BCUT2D eigenvalue weighted by Crippen LogP contribution is 2.23. The van der Waals surface area contributed by atoms with E-state index in [4.69, 9.17) is 0 Å². The number of ether oxygens (including phenoxy) is 1. The molecule has 3 heteroatoms. The Labute approximate surface area is 155 Å². The number of thiophene rings is 1. The van der Waals surface area contributed by atoms with Crippen LogP contribution >= 0.6 is 11.3 Å². The van der Waals surface area contributed by atoms with E-state index in [9.17, 15) is 4.79 Å². The van der Waals surface area contributed by atoms with Gasteiger partial charge in [0.1, 0.15) is 4.88 Å². The van der Waals surface area contributed by atoms with Gasteiger partial charge in [-0.3, -0.25) is 0 Å². The zero-order valence-electron chi connectivity index (χ0n) is 15.1. The van der Waals surface area contributed by atoms with Crippen molar-refractivity contribution in [3.05, 3.63) is 57.8 Å². The second-order valence-corrected chi connectivity index (χ2v) is 7.29. The van der Waals surface area contributed by atoms with Crippen LogP contribution < -0.4 is 0 Å². The lowest BCUT2D eigenvalue weighted by Gasteiger charge is -1.94. The van der Waals surface area contributed by atoms with Crippen LogP contribution in [0, 0.1) is 17.8 Å². The van der Waals surface area contributed by atoms with Crippen molar-refractivity contribution in [1.82, 2.24) is 0 Å². The monoisotopic (exact) mass is 354 g/mol. The van der Waals surface area contributed by atoms with Crippen LogP contribution in [0.25, 0.3) is 0 Å². The molecular formula is C22H26O2S. The lowest BCUT2D eigenvalue weighted by molar-refractivity contribution is 0.0606. The third kappa shape index (κ3) is 6.76. The van der Waals surface area contributed by atoms with E-state index in [0.29, 0.717) is 10.8 Å². The molecule has 1 saturated carbocycles. The van der Waals surface area contributed by atoms with Crippen LogP contribution in [-0.4, -0.2) is 13.1 Å². The fourth-order valence-electron chi connectivity index (χ4n) is 2.75. The normalized spacial score (nSPS) is 13.4. The molecule has 0 amide bonds. The maximum Gasteiger partial charge on any atom is 0.348 e. The molecule has 0 radical (unpaired) electrons. The van der Waals surface area contributed by atoms with Crippen molar-refractivity contribution in [2.45, 2.75) is 45.4 Å². The second kappa shape index (κ2) is 10.7. The van der Waals surface area contributed by atoms with Crippen LogP contribution in [0.4, 0.5) is 0 Å². The molecule has 0 aliphatic heterocycles. The van der Waals surface area contributed by atoms with Crippen molar-refractivity contribution >= 4 is 17.3 Å². The van der Waals surface area contributed by atoms with Gasteiger partial charge in [0.25, 0.3) is 0 Å². The van der Waals surface area contributed by atoms with Crippen molar-refractivity contribution in [2.24, 2.45) is 5.92 Å². The third-order valence-corrected chi connectivity index (χ3v) is 5.22. The minimum atomic E-state index is -0.234. The molecule has 1 aromatic carbocycles. The smallest absolute Gasteiger partial charge is 0.348 e. The van der Waals surface area contributed by atoms with Crippen molar-refractivity contribution in [3.8, 4) is 11.8 Å². The molecule has 2 aromatic rings. The Bertz CT molecular complexity index is 700. The fraction of sp³-hybridized carbons (Fsp3) is 0.409. The zero-order chi connectivity index (χ0) is 17.9.